The van der Waals surface area contributed by atoms with Crippen LogP contribution < -0.4 is 5.73 Å². The van der Waals surface area contributed by atoms with E-state index in [1.165, 1.54) is 0 Å². The summed E-state index contributed by atoms with van der Waals surface area (Å²) >= 11 is 5.81. The second-order valence-corrected chi connectivity index (χ2v) is 3.69. The molecule has 1 atom stereocenters. The Hall–Kier alpha value is -0.740. The van der Waals surface area contributed by atoms with Gasteiger partial charge in [-0.05, 0) is 18.1 Å². The van der Waals surface area contributed by atoms with Crippen molar-refractivity contribution >= 4 is 11.6 Å². The molecule has 1 nitrogen and oxygen atoms in total. The Morgan fingerprint density at radius 3 is 2.40 bits per heavy atom. The quantitative estimate of drug-likeness (QED) is 0.853. The van der Waals surface area contributed by atoms with Crippen LogP contribution in [-0.2, 0) is 0 Å². The average Bonchev–Trinajstić information content (AvgIpc) is 2.14. The number of hydrogen-bond acceptors (Lipinski definition) is 1. The molecule has 1 aromatic rings. The molecule has 0 aromatic heterocycles. The van der Waals surface area contributed by atoms with E-state index in [0.717, 1.165) is 0 Å². The number of halogens is 4. The Morgan fingerprint density at radius 1 is 1.27 bits per heavy atom. The summed E-state index contributed by atoms with van der Waals surface area (Å²) in [6.45, 7) is 0. The van der Waals surface area contributed by atoms with Crippen LogP contribution in [0.4, 0.5) is 13.2 Å². The highest BCUT2D eigenvalue weighted by Gasteiger charge is 2.28. The molecule has 0 saturated carbocycles. The van der Waals surface area contributed by atoms with Crippen LogP contribution in [0, 0.1) is 0 Å². The third-order valence-corrected chi connectivity index (χ3v) is 2.39. The predicted molar refractivity (Wildman–Crippen MR) is 53.7 cm³/mol. The molecule has 0 aliphatic heterocycles. The minimum atomic E-state index is -4.17. The maximum absolute atomic E-state index is 11.9. The van der Waals surface area contributed by atoms with Crippen molar-refractivity contribution < 1.29 is 13.2 Å². The first-order chi connectivity index (χ1) is 6.90. The SMILES string of the molecule is NC(CCC(F)(F)F)c1ccccc1Cl. The molecular weight excluding hydrogens is 227 g/mol. The van der Waals surface area contributed by atoms with E-state index in [1.54, 1.807) is 24.3 Å². The summed E-state index contributed by atoms with van der Waals surface area (Å²) in [7, 11) is 0. The second kappa shape index (κ2) is 4.86. The summed E-state index contributed by atoms with van der Waals surface area (Å²) in [5.41, 5.74) is 6.18. The third-order valence-electron chi connectivity index (χ3n) is 2.04. The number of rotatable bonds is 3. The van der Waals surface area contributed by atoms with E-state index in [4.69, 9.17) is 17.3 Å². The summed E-state index contributed by atoms with van der Waals surface area (Å²) in [6, 6.07) is 6.00. The van der Waals surface area contributed by atoms with Crippen LogP contribution in [-0.4, -0.2) is 6.18 Å². The van der Waals surface area contributed by atoms with E-state index in [9.17, 15) is 13.2 Å². The van der Waals surface area contributed by atoms with Crippen molar-refractivity contribution in [1.29, 1.82) is 0 Å². The van der Waals surface area contributed by atoms with Gasteiger partial charge in [0.05, 0.1) is 0 Å². The molecule has 0 aliphatic rings. The van der Waals surface area contributed by atoms with Crippen molar-refractivity contribution in [3.8, 4) is 0 Å². The molecule has 0 amide bonds. The molecule has 5 heteroatoms. The van der Waals surface area contributed by atoms with Gasteiger partial charge in [0.25, 0.3) is 0 Å². The average molecular weight is 238 g/mol. The van der Waals surface area contributed by atoms with Crippen molar-refractivity contribution in [3.63, 3.8) is 0 Å². The molecule has 0 heterocycles. The van der Waals surface area contributed by atoms with E-state index in [1.807, 2.05) is 0 Å². The van der Waals surface area contributed by atoms with Crippen molar-refractivity contribution in [3.05, 3.63) is 34.9 Å². The minimum Gasteiger partial charge on any atom is -0.324 e. The predicted octanol–water partition coefficient (Wildman–Crippen LogP) is 3.68. The molecular formula is C10H11ClF3N. The standard InChI is InChI=1S/C10H11ClF3N/c11-8-4-2-1-3-7(8)9(15)5-6-10(12,13)14/h1-4,9H,5-6,15H2. The molecule has 0 fully saturated rings. The Kier molecular flexibility index (Phi) is 3.99. The van der Waals surface area contributed by atoms with Crippen molar-refractivity contribution in [1.82, 2.24) is 0 Å². The van der Waals surface area contributed by atoms with Gasteiger partial charge in [0.1, 0.15) is 0 Å². The zero-order valence-electron chi connectivity index (χ0n) is 7.89. The van der Waals surface area contributed by atoms with Gasteiger partial charge in [0.15, 0.2) is 0 Å². The van der Waals surface area contributed by atoms with Crippen LogP contribution in [0.1, 0.15) is 24.4 Å². The molecule has 84 valence electrons. The van der Waals surface area contributed by atoms with E-state index in [0.29, 0.717) is 10.6 Å². The van der Waals surface area contributed by atoms with Gasteiger partial charge in [-0.3, -0.25) is 0 Å². The molecule has 2 N–H and O–H groups in total. The Morgan fingerprint density at radius 2 is 1.87 bits per heavy atom. The van der Waals surface area contributed by atoms with Crippen molar-refractivity contribution in [2.45, 2.75) is 25.1 Å². The van der Waals surface area contributed by atoms with Crippen LogP contribution in [0.5, 0.6) is 0 Å². The first kappa shape index (κ1) is 12.3. The van der Waals surface area contributed by atoms with Crippen molar-refractivity contribution in [2.75, 3.05) is 0 Å². The van der Waals surface area contributed by atoms with Crippen LogP contribution in [0.3, 0.4) is 0 Å². The van der Waals surface area contributed by atoms with Gasteiger partial charge in [0.2, 0.25) is 0 Å². The normalized spacial score (nSPS) is 13.9. The Labute approximate surface area is 91.0 Å². The topological polar surface area (TPSA) is 26.0 Å². The first-order valence-corrected chi connectivity index (χ1v) is 4.85. The van der Waals surface area contributed by atoms with Gasteiger partial charge in [0, 0.05) is 17.5 Å². The van der Waals surface area contributed by atoms with Gasteiger partial charge in [-0.15, -0.1) is 0 Å². The minimum absolute atomic E-state index is 0.146. The molecule has 1 rings (SSSR count). The largest absolute Gasteiger partial charge is 0.389 e. The fraction of sp³-hybridized carbons (Fsp3) is 0.400. The summed E-state index contributed by atoms with van der Waals surface area (Å²) in [5, 5.41) is 0.409. The van der Waals surface area contributed by atoms with Gasteiger partial charge in [-0.1, -0.05) is 29.8 Å². The molecule has 1 aromatic carbocycles. The highest BCUT2D eigenvalue weighted by Crippen LogP contribution is 2.29. The number of hydrogen-bond donors (Lipinski definition) is 1. The van der Waals surface area contributed by atoms with E-state index in [-0.39, 0.29) is 6.42 Å². The maximum Gasteiger partial charge on any atom is 0.389 e. The molecule has 15 heavy (non-hydrogen) atoms. The highest BCUT2D eigenvalue weighted by molar-refractivity contribution is 6.31. The third kappa shape index (κ3) is 4.10. The smallest absolute Gasteiger partial charge is 0.324 e. The summed E-state index contributed by atoms with van der Waals surface area (Å²) in [4.78, 5) is 0. The number of benzene rings is 1. The molecule has 0 spiro atoms. The maximum atomic E-state index is 11.9. The summed E-state index contributed by atoms with van der Waals surface area (Å²) in [6.07, 6.45) is -5.20. The van der Waals surface area contributed by atoms with Crippen molar-refractivity contribution in [2.24, 2.45) is 5.73 Å². The van der Waals surface area contributed by atoms with E-state index >= 15 is 0 Å². The van der Waals surface area contributed by atoms with Crippen LogP contribution in [0.15, 0.2) is 24.3 Å². The molecule has 0 aliphatic carbocycles. The fourth-order valence-corrected chi connectivity index (χ4v) is 1.53. The van der Waals surface area contributed by atoms with E-state index < -0.39 is 18.6 Å². The first-order valence-electron chi connectivity index (χ1n) is 4.47. The zero-order valence-corrected chi connectivity index (χ0v) is 8.65. The van der Waals surface area contributed by atoms with Gasteiger partial charge < -0.3 is 5.73 Å². The van der Waals surface area contributed by atoms with Gasteiger partial charge in [-0.25, -0.2) is 0 Å². The molecule has 1 unspecified atom stereocenters. The lowest BCUT2D eigenvalue weighted by atomic mass is 10.0. The lowest BCUT2D eigenvalue weighted by Crippen LogP contribution is -2.16. The molecule has 0 saturated heterocycles. The Balaban J connectivity index is 2.62. The Bertz CT molecular complexity index is 325. The summed E-state index contributed by atoms with van der Waals surface area (Å²) in [5.74, 6) is 0. The monoisotopic (exact) mass is 237 g/mol. The van der Waals surface area contributed by atoms with Gasteiger partial charge >= 0.3 is 6.18 Å². The van der Waals surface area contributed by atoms with E-state index in [2.05, 4.69) is 0 Å². The number of nitrogens with two attached hydrogens (primary N) is 1. The zero-order chi connectivity index (χ0) is 11.5. The molecule has 0 radical (unpaired) electrons. The van der Waals surface area contributed by atoms with Gasteiger partial charge in [-0.2, -0.15) is 13.2 Å². The van der Waals surface area contributed by atoms with Crippen LogP contribution in [0.25, 0.3) is 0 Å². The summed E-state index contributed by atoms with van der Waals surface area (Å²) < 4.78 is 35.8. The molecule has 0 bridgehead atoms. The van der Waals surface area contributed by atoms with Crippen LogP contribution in [0.2, 0.25) is 5.02 Å². The lowest BCUT2D eigenvalue weighted by molar-refractivity contribution is -0.136. The number of alkyl halides is 3. The second-order valence-electron chi connectivity index (χ2n) is 3.28. The lowest BCUT2D eigenvalue weighted by Gasteiger charge is -2.14. The van der Waals surface area contributed by atoms with Crippen LogP contribution >= 0.6 is 11.6 Å². The fourth-order valence-electron chi connectivity index (χ4n) is 1.25. The highest BCUT2D eigenvalue weighted by atomic mass is 35.5.